The molecule has 10 nitrogen and oxygen atoms in total. The SMILES string of the molecule is C=CNc1ccc(-c2nc(N3CCOCC3)nc3c2cnn3C2CCN(S(C)(=O)=O)CC2)cc1C. The molecule has 0 unspecified atom stereocenters. The number of piperidine rings is 1. The number of rotatable bonds is 6. The van der Waals surface area contributed by atoms with E-state index in [9.17, 15) is 8.42 Å². The molecule has 5 rings (SSSR count). The molecule has 2 aliphatic heterocycles. The molecule has 0 aliphatic carbocycles. The van der Waals surface area contributed by atoms with Gasteiger partial charge in [-0.1, -0.05) is 12.6 Å². The molecular formula is C24H31N7O3S. The van der Waals surface area contributed by atoms with Gasteiger partial charge in [-0.15, -0.1) is 0 Å². The number of benzene rings is 1. The predicted octanol–water partition coefficient (Wildman–Crippen LogP) is 2.79. The van der Waals surface area contributed by atoms with Crippen LogP contribution in [0.15, 0.2) is 37.2 Å². The molecule has 35 heavy (non-hydrogen) atoms. The lowest BCUT2D eigenvalue weighted by molar-refractivity contribution is 0.122. The molecule has 0 amide bonds. The van der Waals surface area contributed by atoms with E-state index in [1.54, 1.807) is 6.20 Å². The van der Waals surface area contributed by atoms with E-state index in [-0.39, 0.29) is 6.04 Å². The standard InChI is InChI=1S/C24H31N7O3S/c1-4-25-21-6-5-18(15-17(21)2)22-20-16-26-31(19-7-9-30(10-8-19)35(3,32)33)23(20)28-24(27-22)29-11-13-34-14-12-29/h4-6,15-16,19,25H,1,7-14H2,2-3H3. The Morgan fingerprint density at radius 3 is 2.54 bits per heavy atom. The molecule has 2 saturated heterocycles. The average Bonchev–Trinajstić information content (AvgIpc) is 3.29. The van der Waals surface area contributed by atoms with Crippen molar-refractivity contribution in [2.75, 3.05) is 55.9 Å². The van der Waals surface area contributed by atoms with Crippen LogP contribution in [0.4, 0.5) is 11.6 Å². The molecule has 1 aromatic carbocycles. The zero-order chi connectivity index (χ0) is 24.6. The monoisotopic (exact) mass is 497 g/mol. The second-order valence-corrected chi connectivity index (χ2v) is 11.1. The Balaban J connectivity index is 1.57. The normalized spacial score (nSPS) is 18.2. The number of anilines is 2. The fraction of sp³-hybridized carbons (Fsp3) is 0.458. The van der Waals surface area contributed by atoms with Crippen molar-refractivity contribution >= 4 is 32.7 Å². The van der Waals surface area contributed by atoms with Crippen molar-refractivity contribution in [1.29, 1.82) is 0 Å². The maximum atomic E-state index is 12.0. The third-order valence-corrected chi connectivity index (χ3v) is 8.03. The molecule has 1 N–H and O–H groups in total. The lowest BCUT2D eigenvalue weighted by atomic mass is 10.0. The smallest absolute Gasteiger partial charge is 0.228 e. The van der Waals surface area contributed by atoms with Gasteiger partial charge in [0.25, 0.3) is 0 Å². The average molecular weight is 498 g/mol. The number of aromatic nitrogens is 4. The van der Waals surface area contributed by atoms with Crippen molar-refractivity contribution in [2.24, 2.45) is 0 Å². The third-order valence-electron chi connectivity index (χ3n) is 6.73. The van der Waals surface area contributed by atoms with Crippen LogP contribution in [0.2, 0.25) is 0 Å². The highest BCUT2D eigenvalue weighted by Crippen LogP contribution is 2.33. The number of nitrogens with zero attached hydrogens (tertiary/aromatic N) is 6. The van der Waals surface area contributed by atoms with Gasteiger partial charge in [-0.2, -0.15) is 10.1 Å². The minimum Gasteiger partial charge on any atom is -0.378 e. The van der Waals surface area contributed by atoms with Crippen LogP contribution < -0.4 is 10.2 Å². The molecule has 4 heterocycles. The lowest BCUT2D eigenvalue weighted by Gasteiger charge is -2.30. The van der Waals surface area contributed by atoms with E-state index in [0.29, 0.717) is 45.1 Å². The summed E-state index contributed by atoms with van der Waals surface area (Å²) in [5.41, 5.74) is 4.69. The topological polar surface area (TPSA) is 105 Å². The number of morpholine rings is 1. The first kappa shape index (κ1) is 23.7. The van der Waals surface area contributed by atoms with Crippen molar-refractivity contribution in [2.45, 2.75) is 25.8 Å². The van der Waals surface area contributed by atoms with Crippen LogP contribution in [-0.2, 0) is 14.8 Å². The van der Waals surface area contributed by atoms with Crippen LogP contribution in [0.25, 0.3) is 22.3 Å². The molecular weight excluding hydrogens is 466 g/mol. The lowest BCUT2D eigenvalue weighted by Crippen LogP contribution is -2.38. The van der Waals surface area contributed by atoms with Gasteiger partial charge in [0, 0.05) is 37.4 Å². The van der Waals surface area contributed by atoms with E-state index >= 15 is 0 Å². The maximum absolute atomic E-state index is 12.0. The summed E-state index contributed by atoms with van der Waals surface area (Å²) in [7, 11) is -3.19. The van der Waals surface area contributed by atoms with Crippen LogP contribution in [0.5, 0.6) is 0 Å². The highest BCUT2D eigenvalue weighted by Gasteiger charge is 2.28. The molecule has 0 saturated carbocycles. The van der Waals surface area contributed by atoms with Gasteiger partial charge in [0.05, 0.1) is 42.8 Å². The summed E-state index contributed by atoms with van der Waals surface area (Å²) in [5.74, 6) is 0.664. The molecule has 2 aliphatic rings. The van der Waals surface area contributed by atoms with E-state index in [0.717, 1.165) is 46.6 Å². The number of ether oxygens (including phenoxy) is 1. The molecule has 0 bridgehead atoms. The molecule has 2 aromatic heterocycles. The van der Waals surface area contributed by atoms with Crippen LogP contribution in [0.3, 0.4) is 0 Å². The zero-order valence-electron chi connectivity index (χ0n) is 20.1. The molecule has 186 valence electrons. The number of aryl methyl sites for hydroxylation is 1. The van der Waals surface area contributed by atoms with E-state index in [2.05, 4.69) is 29.8 Å². The van der Waals surface area contributed by atoms with Crippen molar-refractivity contribution in [3.05, 3.63) is 42.7 Å². The summed E-state index contributed by atoms with van der Waals surface area (Å²) in [4.78, 5) is 12.1. The molecule has 11 heteroatoms. The first-order valence-electron chi connectivity index (χ1n) is 11.9. The van der Waals surface area contributed by atoms with Gasteiger partial charge in [-0.25, -0.2) is 22.4 Å². The first-order valence-corrected chi connectivity index (χ1v) is 13.7. The van der Waals surface area contributed by atoms with E-state index in [4.69, 9.17) is 19.8 Å². The fourth-order valence-corrected chi connectivity index (χ4v) is 5.68. The van der Waals surface area contributed by atoms with E-state index in [1.807, 2.05) is 23.0 Å². The number of hydrogen-bond acceptors (Lipinski definition) is 8. The van der Waals surface area contributed by atoms with Crippen LogP contribution in [0.1, 0.15) is 24.4 Å². The largest absolute Gasteiger partial charge is 0.378 e. The zero-order valence-corrected chi connectivity index (χ0v) is 21.0. The van der Waals surface area contributed by atoms with Gasteiger partial charge >= 0.3 is 0 Å². The number of sulfonamides is 1. The second-order valence-electron chi connectivity index (χ2n) is 9.07. The Morgan fingerprint density at radius 1 is 1.14 bits per heavy atom. The predicted molar refractivity (Wildman–Crippen MR) is 137 cm³/mol. The summed E-state index contributed by atoms with van der Waals surface area (Å²) < 4.78 is 33.0. The van der Waals surface area contributed by atoms with Gasteiger partial charge in [0.1, 0.15) is 0 Å². The first-order chi connectivity index (χ1) is 16.8. The van der Waals surface area contributed by atoms with Gasteiger partial charge in [-0.3, -0.25) is 0 Å². The van der Waals surface area contributed by atoms with Crippen molar-refractivity contribution in [3.63, 3.8) is 0 Å². The molecule has 2 fully saturated rings. The van der Waals surface area contributed by atoms with E-state index < -0.39 is 10.0 Å². The van der Waals surface area contributed by atoms with Crippen molar-refractivity contribution < 1.29 is 13.2 Å². The maximum Gasteiger partial charge on any atom is 0.228 e. The van der Waals surface area contributed by atoms with Crippen LogP contribution >= 0.6 is 0 Å². The Morgan fingerprint density at radius 2 is 1.89 bits per heavy atom. The van der Waals surface area contributed by atoms with Gasteiger partial charge in [-0.05, 0) is 43.7 Å². The second kappa shape index (κ2) is 9.56. The van der Waals surface area contributed by atoms with Crippen molar-refractivity contribution in [1.82, 2.24) is 24.1 Å². The number of fused-ring (bicyclic) bond motifs is 1. The van der Waals surface area contributed by atoms with Crippen molar-refractivity contribution in [3.8, 4) is 11.3 Å². The summed E-state index contributed by atoms with van der Waals surface area (Å²) in [6.45, 7) is 9.51. The molecule has 0 spiro atoms. The molecule has 3 aromatic rings. The van der Waals surface area contributed by atoms with Crippen LogP contribution in [0, 0.1) is 6.92 Å². The Kier molecular flexibility index (Phi) is 6.47. The number of nitrogens with one attached hydrogen (secondary N) is 1. The summed E-state index contributed by atoms with van der Waals surface area (Å²) >= 11 is 0. The van der Waals surface area contributed by atoms with Gasteiger partial charge < -0.3 is 15.0 Å². The van der Waals surface area contributed by atoms with E-state index in [1.165, 1.54) is 10.6 Å². The minimum absolute atomic E-state index is 0.0756. The highest BCUT2D eigenvalue weighted by molar-refractivity contribution is 7.88. The quantitative estimate of drug-likeness (QED) is 0.554. The third kappa shape index (κ3) is 4.75. The summed E-state index contributed by atoms with van der Waals surface area (Å²) in [6.07, 6.45) is 6.15. The fourth-order valence-electron chi connectivity index (χ4n) is 4.81. The number of hydrogen-bond donors (Lipinski definition) is 1. The Hall–Kier alpha value is -3.02. The van der Waals surface area contributed by atoms with Gasteiger partial charge in [0.2, 0.25) is 16.0 Å². The Bertz CT molecular complexity index is 1340. The Labute approximate surface area is 205 Å². The minimum atomic E-state index is -3.19. The molecule has 0 radical (unpaired) electrons. The summed E-state index contributed by atoms with van der Waals surface area (Å²) in [6, 6.07) is 6.26. The highest BCUT2D eigenvalue weighted by atomic mass is 32.2. The van der Waals surface area contributed by atoms with Gasteiger partial charge in [0.15, 0.2) is 5.65 Å². The summed E-state index contributed by atoms with van der Waals surface area (Å²) in [5, 5.41) is 8.77. The van der Waals surface area contributed by atoms with Crippen LogP contribution in [-0.4, -0.2) is 78.1 Å². The molecule has 0 atom stereocenters.